The minimum absolute atomic E-state index is 0.0219. The summed E-state index contributed by atoms with van der Waals surface area (Å²) in [6.07, 6.45) is 1.76. The summed E-state index contributed by atoms with van der Waals surface area (Å²) in [4.78, 5) is 19.9. The van der Waals surface area contributed by atoms with Gasteiger partial charge in [0.1, 0.15) is 5.82 Å². The number of hydrogen-bond donors (Lipinski definition) is 1. The number of aromatic nitrogens is 3. The third-order valence-electron chi connectivity index (χ3n) is 5.89. The summed E-state index contributed by atoms with van der Waals surface area (Å²) in [6, 6.07) is 13.7. The minimum atomic E-state index is -0.279. The summed E-state index contributed by atoms with van der Waals surface area (Å²) < 4.78 is 16.0. The van der Waals surface area contributed by atoms with Crippen molar-refractivity contribution in [3.63, 3.8) is 0 Å². The third-order valence-corrected chi connectivity index (χ3v) is 7.36. The van der Waals surface area contributed by atoms with Gasteiger partial charge in [-0.1, -0.05) is 35.1 Å². The van der Waals surface area contributed by atoms with E-state index in [0.717, 1.165) is 51.8 Å². The molecule has 33 heavy (non-hydrogen) atoms. The molecule has 5 rings (SSSR count). The van der Waals surface area contributed by atoms with E-state index < -0.39 is 0 Å². The predicted octanol–water partition coefficient (Wildman–Crippen LogP) is 5.12. The molecule has 1 saturated heterocycles. The first kappa shape index (κ1) is 21.9. The van der Waals surface area contributed by atoms with E-state index in [0.29, 0.717) is 18.1 Å². The lowest BCUT2D eigenvalue weighted by atomic mass is 9.97. The van der Waals surface area contributed by atoms with E-state index in [9.17, 15) is 9.18 Å². The molecule has 0 radical (unpaired) electrons. The molecule has 3 heterocycles. The SMILES string of the molecule is Cc1nn(-c2ccc(Cl)cc2)c2nc(N3CCC[C@H](C(=O)NCc4ccc(F)cc4)C3)sc12. The lowest BCUT2D eigenvalue weighted by Gasteiger charge is -2.31. The fourth-order valence-corrected chi connectivity index (χ4v) is 5.27. The third kappa shape index (κ3) is 4.58. The maximum Gasteiger partial charge on any atom is 0.225 e. The monoisotopic (exact) mass is 483 g/mol. The molecular formula is C24H23ClFN5OS. The highest BCUT2D eigenvalue weighted by atomic mass is 35.5. The van der Waals surface area contributed by atoms with Crippen LogP contribution in [0.25, 0.3) is 16.0 Å². The van der Waals surface area contributed by atoms with Crippen molar-refractivity contribution in [1.29, 1.82) is 0 Å². The molecule has 2 aromatic carbocycles. The molecule has 6 nitrogen and oxygen atoms in total. The number of amides is 1. The van der Waals surface area contributed by atoms with Crippen LogP contribution >= 0.6 is 22.9 Å². The zero-order valence-electron chi connectivity index (χ0n) is 18.1. The Labute approximate surface area is 200 Å². The van der Waals surface area contributed by atoms with Gasteiger partial charge in [-0.05, 0) is 61.7 Å². The fraction of sp³-hybridized carbons (Fsp3) is 0.292. The molecule has 4 aromatic rings. The largest absolute Gasteiger partial charge is 0.352 e. The van der Waals surface area contributed by atoms with Crippen LogP contribution in [0.2, 0.25) is 5.02 Å². The van der Waals surface area contributed by atoms with E-state index in [1.165, 1.54) is 12.1 Å². The second-order valence-corrected chi connectivity index (χ2v) is 9.67. The van der Waals surface area contributed by atoms with E-state index >= 15 is 0 Å². The average Bonchev–Trinajstić information content (AvgIpc) is 3.40. The van der Waals surface area contributed by atoms with Gasteiger partial charge in [0, 0.05) is 24.7 Å². The number of rotatable bonds is 5. The molecule has 0 spiro atoms. The van der Waals surface area contributed by atoms with E-state index in [1.807, 2.05) is 35.9 Å². The number of piperidine rings is 1. The van der Waals surface area contributed by atoms with Gasteiger partial charge in [0.25, 0.3) is 0 Å². The maximum atomic E-state index is 13.1. The highest BCUT2D eigenvalue weighted by Crippen LogP contribution is 2.34. The molecule has 1 N–H and O–H groups in total. The van der Waals surface area contributed by atoms with E-state index in [2.05, 4.69) is 15.3 Å². The first-order valence-electron chi connectivity index (χ1n) is 10.9. The molecule has 1 atom stereocenters. The van der Waals surface area contributed by atoms with Gasteiger partial charge in [-0.3, -0.25) is 4.79 Å². The van der Waals surface area contributed by atoms with Gasteiger partial charge in [-0.15, -0.1) is 0 Å². The molecule has 1 amide bonds. The Morgan fingerprint density at radius 1 is 1.21 bits per heavy atom. The van der Waals surface area contributed by atoms with Crippen molar-refractivity contribution in [2.45, 2.75) is 26.3 Å². The van der Waals surface area contributed by atoms with Gasteiger partial charge in [0.15, 0.2) is 10.8 Å². The second-order valence-electron chi connectivity index (χ2n) is 8.25. The lowest BCUT2D eigenvalue weighted by Crippen LogP contribution is -2.43. The average molecular weight is 484 g/mol. The summed E-state index contributed by atoms with van der Waals surface area (Å²) in [5, 5.41) is 9.23. The number of nitrogens with one attached hydrogen (secondary N) is 1. The van der Waals surface area contributed by atoms with E-state index in [-0.39, 0.29) is 17.6 Å². The standard InChI is InChI=1S/C24H23ClFN5OS/c1-15-21-22(31(29-15)20-10-6-18(25)7-11-20)28-24(33-21)30-12-2-3-17(14-30)23(32)27-13-16-4-8-19(26)9-5-16/h4-11,17H,2-3,12-14H2,1H3,(H,27,32)/t17-/m0/s1. The Bertz CT molecular complexity index is 1280. The normalized spacial score (nSPS) is 16.3. The van der Waals surface area contributed by atoms with Crippen LogP contribution < -0.4 is 10.2 Å². The van der Waals surface area contributed by atoms with Crippen molar-refractivity contribution in [3.8, 4) is 5.69 Å². The van der Waals surface area contributed by atoms with Crippen molar-refractivity contribution in [1.82, 2.24) is 20.1 Å². The Morgan fingerprint density at radius 3 is 2.73 bits per heavy atom. The van der Waals surface area contributed by atoms with Crippen LogP contribution in [0.4, 0.5) is 9.52 Å². The molecule has 170 valence electrons. The fourth-order valence-electron chi connectivity index (χ4n) is 4.12. The first-order chi connectivity index (χ1) is 16.0. The van der Waals surface area contributed by atoms with Gasteiger partial charge in [0.2, 0.25) is 5.91 Å². The number of anilines is 1. The number of benzene rings is 2. The Hall–Kier alpha value is -2.97. The maximum absolute atomic E-state index is 13.1. The number of nitrogens with zero attached hydrogens (tertiary/aromatic N) is 4. The van der Waals surface area contributed by atoms with Crippen LogP contribution in [0.15, 0.2) is 48.5 Å². The summed E-state index contributed by atoms with van der Waals surface area (Å²) in [5.74, 6) is -0.369. The highest BCUT2D eigenvalue weighted by molar-refractivity contribution is 7.22. The minimum Gasteiger partial charge on any atom is -0.352 e. The Kier molecular flexibility index (Phi) is 6.03. The number of fused-ring (bicyclic) bond motifs is 1. The molecule has 1 aliphatic heterocycles. The molecule has 9 heteroatoms. The number of thiazole rings is 1. The Morgan fingerprint density at radius 2 is 1.97 bits per heavy atom. The molecule has 2 aromatic heterocycles. The van der Waals surface area contributed by atoms with E-state index in [1.54, 1.807) is 23.5 Å². The smallest absolute Gasteiger partial charge is 0.225 e. The van der Waals surface area contributed by atoms with Crippen molar-refractivity contribution in [2.24, 2.45) is 5.92 Å². The molecule has 1 fully saturated rings. The van der Waals surface area contributed by atoms with Gasteiger partial charge >= 0.3 is 0 Å². The highest BCUT2D eigenvalue weighted by Gasteiger charge is 2.28. The number of aryl methyl sites for hydroxylation is 1. The topological polar surface area (TPSA) is 63.1 Å². The molecule has 0 unspecified atom stereocenters. The van der Waals surface area contributed by atoms with Crippen LogP contribution in [0.3, 0.4) is 0 Å². The van der Waals surface area contributed by atoms with Gasteiger partial charge in [-0.25, -0.2) is 9.07 Å². The quantitative estimate of drug-likeness (QED) is 0.428. The van der Waals surface area contributed by atoms with Crippen molar-refractivity contribution >= 4 is 44.3 Å². The summed E-state index contributed by atoms with van der Waals surface area (Å²) >= 11 is 7.65. The predicted molar refractivity (Wildman–Crippen MR) is 130 cm³/mol. The van der Waals surface area contributed by atoms with E-state index in [4.69, 9.17) is 16.6 Å². The molecule has 1 aliphatic rings. The van der Waals surface area contributed by atoms with Crippen molar-refractivity contribution in [2.75, 3.05) is 18.0 Å². The number of hydrogen-bond acceptors (Lipinski definition) is 5. The number of carbonyl (C=O) groups is 1. The van der Waals surface area contributed by atoms with Crippen LogP contribution in [-0.2, 0) is 11.3 Å². The van der Waals surface area contributed by atoms with Gasteiger partial charge in [0.05, 0.1) is 22.0 Å². The first-order valence-corrected chi connectivity index (χ1v) is 12.1. The zero-order chi connectivity index (χ0) is 22.9. The number of halogens is 2. The van der Waals surface area contributed by atoms with Crippen LogP contribution in [0, 0.1) is 18.7 Å². The summed E-state index contributed by atoms with van der Waals surface area (Å²) in [7, 11) is 0. The second kappa shape index (κ2) is 9.11. The number of carbonyl (C=O) groups excluding carboxylic acids is 1. The molecule has 0 bridgehead atoms. The molecular weight excluding hydrogens is 461 g/mol. The van der Waals surface area contributed by atoms with Gasteiger partial charge in [-0.2, -0.15) is 10.1 Å². The van der Waals surface area contributed by atoms with Crippen molar-refractivity contribution in [3.05, 3.63) is 70.6 Å². The van der Waals surface area contributed by atoms with Crippen LogP contribution in [0.1, 0.15) is 24.1 Å². The zero-order valence-corrected chi connectivity index (χ0v) is 19.7. The Balaban J connectivity index is 1.31. The summed E-state index contributed by atoms with van der Waals surface area (Å²) in [6.45, 7) is 3.87. The lowest BCUT2D eigenvalue weighted by molar-refractivity contribution is -0.125. The van der Waals surface area contributed by atoms with Crippen LogP contribution in [-0.4, -0.2) is 33.8 Å². The van der Waals surface area contributed by atoms with Crippen molar-refractivity contribution < 1.29 is 9.18 Å². The van der Waals surface area contributed by atoms with Gasteiger partial charge < -0.3 is 10.2 Å². The molecule has 0 saturated carbocycles. The van der Waals surface area contributed by atoms with Crippen LogP contribution in [0.5, 0.6) is 0 Å². The molecule has 0 aliphatic carbocycles. The summed E-state index contributed by atoms with van der Waals surface area (Å²) in [5.41, 5.74) is 3.53.